The van der Waals surface area contributed by atoms with Crippen molar-refractivity contribution >= 4 is 39.6 Å². The Morgan fingerprint density at radius 2 is 1.82 bits per heavy atom. The third kappa shape index (κ3) is 3.89. The van der Waals surface area contributed by atoms with Crippen molar-refractivity contribution in [2.24, 2.45) is 4.99 Å². The van der Waals surface area contributed by atoms with Crippen LogP contribution in [-0.4, -0.2) is 22.1 Å². The highest BCUT2D eigenvalue weighted by Gasteiger charge is 2.32. The van der Waals surface area contributed by atoms with Crippen LogP contribution in [0, 0.1) is 0 Å². The molecule has 1 N–H and O–H groups in total. The highest BCUT2D eigenvalue weighted by Crippen LogP contribution is 2.29. The predicted octanol–water partition coefficient (Wildman–Crippen LogP) is 2.89. The van der Waals surface area contributed by atoms with Crippen molar-refractivity contribution in [1.82, 2.24) is 5.32 Å². The van der Waals surface area contributed by atoms with Gasteiger partial charge >= 0.3 is 5.63 Å². The second kappa shape index (κ2) is 7.82. The van der Waals surface area contributed by atoms with Crippen LogP contribution in [0.2, 0.25) is 0 Å². The van der Waals surface area contributed by atoms with E-state index in [1.807, 2.05) is 42.5 Å². The summed E-state index contributed by atoms with van der Waals surface area (Å²) >= 11 is 1.12. The predicted molar refractivity (Wildman–Crippen MR) is 108 cm³/mol. The van der Waals surface area contributed by atoms with Crippen LogP contribution in [0.4, 0.5) is 0 Å². The van der Waals surface area contributed by atoms with Gasteiger partial charge in [0.25, 0.3) is 5.91 Å². The highest BCUT2D eigenvalue weighted by atomic mass is 32.2. The molecule has 7 heteroatoms. The van der Waals surface area contributed by atoms with Gasteiger partial charge in [0.1, 0.15) is 15.9 Å². The number of hydrogen-bond acceptors (Lipinski definition) is 5. The summed E-state index contributed by atoms with van der Waals surface area (Å²) in [5, 5.41) is 3.20. The van der Waals surface area contributed by atoms with E-state index in [2.05, 4.69) is 10.3 Å². The largest absolute Gasteiger partial charge is 0.422 e. The molecule has 2 heterocycles. The Labute approximate surface area is 164 Å². The van der Waals surface area contributed by atoms with Gasteiger partial charge in [0.2, 0.25) is 5.91 Å². The molecule has 0 unspecified atom stereocenters. The zero-order valence-electron chi connectivity index (χ0n) is 14.8. The van der Waals surface area contributed by atoms with Crippen molar-refractivity contribution in [2.45, 2.75) is 18.2 Å². The number of fused-ring (bicyclic) bond motifs is 1. The van der Waals surface area contributed by atoms with Crippen molar-refractivity contribution in [3.63, 3.8) is 0 Å². The third-order valence-corrected chi connectivity index (χ3v) is 5.50. The molecule has 0 spiro atoms. The maximum Gasteiger partial charge on any atom is 0.346 e. The van der Waals surface area contributed by atoms with Gasteiger partial charge in [-0.1, -0.05) is 60.3 Å². The average molecular weight is 392 g/mol. The molecule has 2 aromatic carbocycles. The third-order valence-electron chi connectivity index (χ3n) is 4.32. The highest BCUT2D eigenvalue weighted by molar-refractivity contribution is 8.16. The van der Waals surface area contributed by atoms with Gasteiger partial charge in [-0.05, 0) is 17.7 Å². The van der Waals surface area contributed by atoms with Crippen molar-refractivity contribution in [3.05, 3.63) is 82.2 Å². The van der Waals surface area contributed by atoms with Gasteiger partial charge in [0, 0.05) is 18.4 Å². The molecule has 1 aliphatic heterocycles. The number of aliphatic imine (C=N–C) groups is 1. The van der Waals surface area contributed by atoms with E-state index in [9.17, 15) is 14.4 Å². The van der Waals surface area contributed by atoms with Gasteiger partial charge in [-0.2, -0.15) is 0 Å². The van der Waals surface area contributed by atoms with E-state index in [-0.39, 0.29) is 17.9 Å². The quantitative estimate of drug-likeness (QED) is 0.675. The van der Waals surface area contributed by atoms with Crippen LogP contribution >= 0.6 is 11.8 Å². The fourth-order valence-electron chi connectivity index (χ4n) is 2.88. The Hall–Kier alpha value is -3.19. The van der Waals surface area contributed by atoms with E-state index >= 15 is 0 Å². The molecule has 2 amide bonds. The summed E-state index contributed by atoms with van der Waals surface area (Å²) in [4.78, 5) is 40.7. The minimum Gasteiger partial charge on any atom is -0.422 e. The summed E-state index contributed by atoms with van der Waals surface area (Å²) in [5.41, 5.74) is 1.14. The second-order valence-corrected chi connectivity index (χ2v) is 7.50. The number of nitrogens with one attached hydrogen (secondary N) is 1. The van der Waals surface area contributed by atoms with Crippen LogP contribution in [0.15, 0.2) is 74.9 Å². The molecule has 1 aromatic heterocycles. The number of rotatable bonds is 5. The SMILES string of the molecule is O=C(C[C@H]1SC(c2cc3ccccc3oc2=O)=NC1=O)NCc1ccccc1. The summed E-state index contributed by atoms with van der Waals surface area (Å²) in [6.45, 7) is 0.396. The lowest BCUT2D eigenvalue weighted by Crippen LogP contribution is -2.27. The van der Waals surface area contributed by atoms with E-state index in [4.69, 9.17) is 4.42 Å². The van der Waals surface area contributed by atoms with Crippen LogP contribution in [0.1, 0.15) is 17.5 Å². The smallest absolute Gasteiger partial charge is 0.346 e. The molecule has 0 radical (unpaired) electrons. The number of carbonyl (C=O) groups is 2. The van der Waals surface area contributed by atoms with E-state index in [0.717, 1.165) is 22.7 Å². The number of carbonyl (C=O) groups excluding carboxylic acids is 2. The molecule has 3 aromatic rings. The van der Waals surface area contributed by atoms with Crippen LogP contribution in [-0.2, 0) is 16.1 Å². The molecular weight excluding hydrogens is 376 g/mol. The molecule has 1 atom stereocenters. The molecule has 28 heavy (non-hydrogen) atoms. The summed E-state index contributed by atoms with van der Waals surface area (Å²) in [6, 6.07) is 18.3. The number of para-hydroxylation sites is 1. The molecule has 140 valence electrons. The number of nitrogens with zero attached hydrogens (tertiary/aromatic N) is 1. The number of amides is 2. The maximum atomic E-state index is 12.3. The van der Waals surface area contributed by atoms with Gasteiger partial charge in [0.15, 0.2) is 0 Å². The lowest BCUT2D eigenvalue weighted by molar-refractivity contribution is -0.124. The van der Waals surface area contributed by atoms with Crippen LogP contribution in [0.5, 0.6) is 0 Å². The fraction of sp³-hybridized carbons (Fsp3) is 0.143. The Kier molecular flexibility index (Phi) is 5.08. The molecule has 0 saturated heterocycles. The molecule has 0 saturated carbocycles. The zero-order chi connectivity index (χ0) is 19.5. The summed E-state index contributed by atoms with van der Waals surface area (Å²) in [5.74, 6) is -0.654. The molecule has 6 nitrogen and oxygen atoms in total. The summed E-state index contributed by atoms with van der Waals surface area (Å²) < 4.78 is 5.30. The number of thioether (sulfide) groups is 1. The Balaban J connectivity index is 1.43. The Morgan fingerprint density at radius 3 is 2.64 bits per heavy atom. The van der Waals surface area contributed by atoms with Crippen molar-refractivity contribution in [2.75, 3.05) is 0 Å². The number of benzene rings is 2. The molecule has 0 aliphatic carbocycles. The van der Waals surface area contributed by atoms with Crippen LogP contribution in [0.3, 0.4) is 0 Å². The van der Waals surface area contributed by atoms with Gasteiger partial charge in [-0.15, -0.1) is 0 Å². The van der Waals surface area contributed by atoms with E-state index in [0.29, 0.717) is 17.2 Å². The van der Waals surface area contributed by atoms with E-state index in [1.165, 1.54) is 0 Å². The minimum atomic E-state index is -0.642. The summed E-state index contributed by atoms with van der Waals surface area (Å²) in [7, 11) is 0. The van der Waals surface area contributed by atoms with Gasteiger partial charge in [-0.3, -0.25) is 9.59 Å². The first-order valence-corrected chi connectivity index (χ1v) is 9.61. The molecule has 0 bridgehead atoms. The van der Waals surface area contributed by atoms with E-state index < -0.39 is 16.8 Å². The first kappa shape index (κ1) is 18.2. The van der Waals surface area contributed by atoms with Crippen molar-refractivity contribution in [3.8, 4) is 0 Å². The topological polar surface area (TPSA) is 88.7 Å². The summed E-state index contributed by atoms with van der Waals surface area (Å²) in [6.07, 6.45) is 0.00223. The minimum absolute atomic E-state index is 0.00223. The molecular formula is C21H16N2O4S. The van der Waals surface area contributed by atoms with Gasteiger partial charge in [0.05, 0.1) is 5.56 Å². The first-order chi connectivity index (χ1) is 13.6. The first-order valence-electron chi connectivity index (χ1n) is 8.73. The molecule has 0 fully saturated rings. The fourth-order valence-corrected chi connectivity index (χ4v) is 3.95. The lowest BCUT2D eigenvalue weighted by atomic mass is 10.2. The van der Waals surface area contributed by atoms with Crippen molar-refractivity contribution < 1.29 is 14.0 Å². The Morgan fingerprint density at radius 1 is 1.07 bits per heavy atom. The van der Waals surface area contributed by atoms with Gasteiger partial charge in [-0.25, -0.2) is 9.79 Å². The molecule has 4 rings (SSSR count). The maximum absolute atomic E-state index is 12.3. The average Bonchev–Trinajstić information content (AvgIpc) is 3.06. The van der Waals surface area contributed by atoms with Crippen LogP contribution < -0.4 is 10.9 Å². The zero-order valence-corrected chi connectivity index (χ0v) is 15.6. The van der Waals surface area contributed by atoms with Gasteiger partial charge < -0.3 is 9.73 Å². The van der Waals surface area contributed by atoms with E-state index in [1.54, 1.807) is 18.2 Å². The monoisotopic (exact) mass is 392 g/mol. The van der Waals surface area contributed by atoms with Crippen molar-refractivity contribution in [1.29, 1.82) is 0 Å². The lowest BCUT2D eigenvalue weighted by Gasteiger charge is -2.08. The Bertz CT molecular complexity index is 1140. The molecule has 1 aliphatic rings. The number of hydrogen-bond donors (Lipinski definition) is 1. The normalized spacial score (nSPS) is 16.2. The standard InChI is InChI=1S/C21H16N2O4S/c24-18(22-12-13-6-2-1-3-7-13)11-17-19(25)23-20(28-17)15-10-14-8-4-5-9-16(14)27-21(15)26/h1-10,17H,11-12H2,(H,22,24)/t17-/m1/s1. The van der Waals surface area contributed by atoms with Crippen LogP contribution in [0.25, 0.3) is 11.0 Å². The second-order valence-electron chi connectivity index (χ2n) is 6.31.